The van der Waals surface area contributed by atoms with Crippen LogP contribution >= 0.6 is 0 Å². The van der Waals surface area contributed by atoms with Gasteiger partial charge in [0.05, 0.1) is 0 Å². The standard InChI is InChI=1S/C13H21N3/c1-10(2)13-9-15-7-8-16(13)12-5-3-11(14)4-6-12/h3-6,10,13,15H,7-9,14H2,1-2H3. The highest BCUT2D eigenvalue weighted by Gasteiger charge is 2.24. The van der Waals surface area contributed by atoms with E-state index < -0.39 is 0 Å². The van der Waals surface area contributed by atoms with Gasteiger partial charge in [0.15, 0.2) is 0 Å². The minimum Gasteiger partial charge on any atom is -0.399 e. The van der Waals surface area contributed by atoms with Crippen molar-refractivity contribution in [3.8, 4) is 0 Å². The lowest BCUT2D eigenvalue weighted by molar-refractivity contribution is 0.390. The summed E-state index contributed by atoms with van der Waals surface area (Å²) in [5.74, 6) is 0.658. The SMILES string of the molecule is CC(C)C1CNCCN1c1ccc(N)cc1. The first kappa shape index (κ1) is 11.3. The Labute approximate surface area is 97.6 Å². The van der Waals surface area contributed by atoms with Crippen LogP contribution in [0.3, 0.4) is 0 Å². The summed E-state index contributed by atoms with van der Waals surface area (Å²) in [4.78, 5) is 2.49. The summed E-state index contributed by atoms with van der Waals surface area (Å²) in [6.45, 7) is 7.77. The minimum atomic E-state index is 0.581. The molecule has 1 aromatic carbocycles. The molecule has 88 valence electrons. The van der Waals surface area contributed by atoms with Crippen LogP contribution in [0.5, 0.6) is 0 Å². The molecule has 0 aliphatic carbocycles. The first-order valence-electron chi connectivity index (χ1n) is 6.01. The number of anilines is 2. The van der Waals surface area contributed by atoms with E-state index in [-0.39, 0.29) is 0 Å². The second-order valence-electron chi connectivity index (χ2n) is 4.80. The molecule has 0 radical (unpaired) electrons. The smallest absolute Gasteiger partial charge is 0.0437 e. The third-order valence-corrected chi connectivity index (χ3v) is 3.28. The van der Waals surface area contributed by atoms with Crippen molar-refractivity contribution in [3.05, 3.63) is 24.3 Å². The number of hydrogen-bond acceptors (Lipinski definition) is 3. The number of piperazine rings is 1. The zero-order chi connectivity index (χ0) is 11.5. The van der Waals surface area contributed by atoms with Crippen molar-refractivity contribution in [1.82, 2.24) is 5.32 Å². The van der Waals surface area contributed by atoms with Crippen LogP contribution in [0.1, 0.15) is 13.8 Å². The van der Waals surface area contributed by atoms with E-state index in [9.17, 15) is 0 Å². The van der Waals surface area contributed by atoms with Gasteiger partial charge in [-0.05, 0) is 30.2 Å². The maximum absolute atomic E-state index is 5.72. The van der Waals surface area contributed by atoms with Crippen molar-refractivity contribution in [2.75, 3.05) is 30.3 Å². The summed E-state index contributed by atoms with van der Waals surface area (Å²) in [6.07, 6.45) is 0. The Morgan fingerprint density at radius 1 is 1.31 bits per heavy atom. The Bertz CT molecular complexity index is 332. The highest BCUT2D eigenvalue weighted by atomic mass is 15.2. The van der Waals surface area contributed by atoms with Gasteiger partial charge in [-0.2, -0.15) is 0 Å². The monoisotopic (exact) mass is 219 g/mol. The quantitative estimate of drug-likeness (QED) is 0.744. The fourth-order valence-electron chi connectivity index (χ4n) is 2.31. The van der Waals surface area contributed by atoms with Crippen LogP contribution in [0.25, 0.3) is 0 Å². The second-order valence-corrected chi connectivity index (χ2v) is 4.80. The Hall–Kier alpha value is -1.22. The topological polar surface area (TPSA) is 41.3 Å². The van der Waals surface area contributed by atoms with Crippen molar-refractivity contribution in [1.29, 1.82) is 0 Å². The molecule has 1 aromatic rings. The van der Waals surface area contributed by atoms with Gasteiger partial charge in [-0.3, -0.25) is 0 Å². The summed E-state index contributed by atoms with van der Waals surface area (Å²) in [5, 5.41) is 3.46. The molecule has 1 aliphatic rings. The third kappa shape index (κ3) is 2.30. The van der Waals surface area contributed by atoms with Crippen LogP contribution in [0, 0.1) is 5.92 Å². The molecule has 0 amide bonds. The number of rotatable bonds is 2. The Morgan fingerprint density at radius 3 is 2.62 bits per heavy atom. The van der Waals surface area contributed by atoms with Crippen LogP contribution in [-0.2, 0) is 0 Å². The number of nitrogens with one attached hydrogen (secondary N) is 1. The lowest BCUT2D eigenvalue weighted by Gasteiger charge is -2.40. The normalized spacial score (nSPS) is 21.4. The van der Waals surface area contributed by atoms with Gasteiger partial charge >= 0.3 is 0 Å². The van der Waals surface area contributed by atoms with Gasteiger partial charge in [0.1, 0.15) is 0 Å². The van der Waals surface area contributed by atoms with E-state index in [4.69, 9.17) is 5.73 Å². The van der Waals surface area contributed by atoms with Gasteiger partial charge < -0.3 is 16.0 Å². The molecule has 16 heavy (non-hydrogen) atoms. The predicted octanol–water partition coefficient (Wildman–Crippen LogP) is 1.70. The molecule has 1 saturated heterocycles. The Morgan fingerprint density at radius 2 is 2.00 bits per heavy atom. The minimum absolute atomic E-state index is 0.581. The number of nitrogens with zero attached hydrogens (tertiary/aromatic N) is 1. The number of hydrogen-bond donors (Lipinski definition) is 2. The van der Waals surface area contributed by atoms with Gasteiger partial charge in [-0.1, -0.05) is 13.8 Å². The van der Waals surface area contributed by atoms with E-state index in [1.54, 1.807) is 0 Å². The molecular formula is C13H21N3. The van der Waals surface area contributed by atoms with Crippen molar-refractivity contribution in [2.45, 2.75) is 19.9 Å². The summed E-state index contributed by atoms with van der Waals surface area (Å²) in [7, 11) is 0. The molecule has 1 atom stereocenters. The fraction of sp³-hybridized carbons (Fsp3) is 0.538. The van der Waals surface area contributed by atoms with Gasteiger partial charge in [-0.15, -0.1) is 0 Å². The zero-order valence-corrected chi connectivity index (χ0v) is 10.1. The summed E-state index contributed by atoms with van der Waals surface area (Å²) >= 11 is 0. The molecule has 1 unspecified atom stereocenters. The molecule has 3 heteroatoms. The average molecular weight is 219 g/mol. The van der Waals surface area contributed by atoms with Gasteiger partial charge in [-0.25, -0.2) is 0 Å². The fourth-order valence-corrected chi connectivity index (χ4v) is 2.31. The molecular weight excluding hydrogens is 198 g/mol. The number of benzene rings is 1. The highest BCUT2D eigenvalue weighted by Crippen LogP contribution is 2.23. The summed E-state index contributed by atoms with van der Waals surface area (Å²) in [5.41, 5.74) is 7.84. The average Bonchev–Trinajstić information content (AvgIpc) is 2.30. The lowest BCUT2D eigenvalue weighted by atomic mass is 10.00. The number of nitrogens with two attached hydrogens (primary N) is 1. The van der Waals surface area contributed by atoms with E-state index in [0.717, 1.165) is 25.3 Å². The Kier molecular flexibility index (Phi) is 3.34. The predicted molar refractivity (Wildman–Crippen MR) is 69.7 cm³/mol. The molecule has 1 aliphatic heterocycles. The van der Waals surface area contributed by atoms with E-state index in [0.29, 0.717) is 12.0 Å². The molecule has 3 N–H and O–H groups in total. The molecule has 0 saturated carbocycles. The van der Waals surface area contributed by atoms with Crippen LogP contribution in [0.2, 0.25) is 0 Å². The van der Waals surface area contributed by atoms with Gasteiger partial charge in [0.25, 0.3) is 0 Å². The molecule has 1 fully saturated rings. The van der Waals surface area contributed by atoms with Crippen LogP contribution in [0.4, 0.5) is 11.4 Å². The van der Waals surface area contributed by atoms with E-state index in [1.165, 1.54) is 5.69 Å². The van der Waals surface area contributed by atoms with Crippen LogP contribution < -0.4 is 16.0 Å². The van der Waals surface area contributed by atoms with Gasteiger partial charge in [0.2, 0.25) is 0 Å². The third-order valence-electron chi connectivity index (χ3n) is 3.28. The maximum atomic E-state index is 5.72. The maximum Gasteiger partial charge on any atom is 0.0437 e. The van der Waals surface area contributed by atoms with E-state index >= 15 is 0 Å². The zero-order valence-electron chi connectivity index (χ0n) is 10.1. The van der Waals surface area contributed by atoms with E-state index in [2.05, 4.69) is 36.2 Å². The number of nitrogen functional groups attached to an aromatic ring is 1. The van der Waals surface area contributed by atoms with Crippen molar-refractivity contribution in [3.63, 3.8) is 0 Å². The van der Waals surface area contributed by atoms with Crippen LogP contribution in [0.15, 0.2) is 24.3 Å². The summed E-state index contributed by atoms with van der Waals surface area (Å²) in [6, 6.07) is 8.78. The summed E-state index contributed by atoms with van der Waals surface area (Å²) < 4.78 is 0. The molecule has 1 heterocycles. The molecule has 0 bridgehead atoms. The van der Waals surface area contributed by atoms with Crippen molar-refractivity contribution < 1.29 is 0 Å². The Balaban J connectivity index is 2.19. The molecule has 3 nitrogen and oxygen atoms in total. The van der Waals surface area contributed by atoms with Crippen molar-refractivity contribution >= 4 is 11.4 Å². The van der Waals surface area contributed by atoms with Gasteiger partial charge in [0, 0.05) is 37.1 Å². The molecule has 0 aromatic heterocycles. The largest absolute Gasteiger partial charge is 0.399 e. The van der Waals surface area contributed by atoms with Crippen LogP contribution in [-0.4, -0.2) is 25.7 Å². The first-order chi connectivity index (χ1) is 7.68. The molecule has 2 rings (SSSR count). The first-order valence-corrected chi connectivity index (χ1v) is 6.01. The van der Waals surface area contributed by atoms with Crippen molar-refractivity contribution in [2.24, 2.45) is 5.92 Å². The molecule has 0 spiro atoms. The highest BCUT2D eigenvalue weighted by molar-refractivity contribution is 5.54. The second kappa shape index (κ2) is 4.74. The van der Waals surface area contributed by atoms with E-state index in [1.807, 2.05) is 12.1 Å². The lowest BCUT2D eigenvalue weighted by Crippen LogP contribution is -2.53.